The molecule has 10 heteroatoms. The van der Waals surface area contributed by atoms with Crippen molar-refractivity contribution in [1.29, 1.82) is 5.41 Å². The van der Waals surface area contributed by atoms with Crippen LogP contribution in [0.15, 0.2) is 33.8 Å². The molecule has 0 fully saturated rings. The molecule has 0 aliphatic heterocycles. The first-order chi connectivity index (χ1) is 11.4. The molecule has 0 saturated carbocycles. The zero-order valence-electron chi connectivity index (χ0n) is 12.6. The van der Waals surface area contributed by atoms with Gasteiger partial charge in [0.25, 0.3) is 0 Å². The third kappa shape index (κ3) is 5.08. The van der Waals surface area contributed by atoms with E-state index in [0.29, 0.717) is 12.1 Å². The first-order valence-electron chi connectivity index (χ1n) is 6.87. The molecule has 0 aliphatic rings. The lowest BCUT2D eigenvalue weighted by Crippen LogP contribution is -2.11. The van der Waals surface area contributed by atoms with E-state index in [1.165, 1.54) is 18.1 Å². The zero-order valence-corrected chi connectivity index (χ0v) is 13.4. The standard InChI is InChI=1S/C14H14F3N5OS/c1-2-24-13(18)20-8-19-7-9-3-5-10(6-4-9)11-21-12(23-22-11)14(15,16)17/h3-6,8H,2,7H2,1H3,(H2,18,19,20). The maximum absolute atomic E-state index is 12.4. The Labute approximate surface area is 140 Å². The van der Waals surface area contributed by atoms with Crippen LogP contribution in [0.5, 0.6) is 0 Å². The van der Waals surface area contributed by atoms with Gasteiger partial charge in [0.2, 0.25) is 5.82 Å². The fraction of sp³-hybridized carbons (Fsp3) is 0.286. The van der Waals surface area contributed by atoms with Crippen LogP contribution in [0.25, 0.3) is 11.4 Å². The zero-order chi connectivity index (χ0) is 17.6. The number of alkyl halides is 3. The Kier molecular flexibility index (Phi) is 5.96. The summed E-state index contributed by atoms with van der Waals surface area (Å²) in [6, 6.07) is 6.67. The molecule has 128 valence electrons. The number of thioether (sulfide) groups is 1. The van der Waals surface area contributed by atoms with Crippen molar-refractivity contribution in [2.75, 3.05) is 5.75 Å². The minimum atomic E-state index is -4.65. The lowest BCUT2D eigenvalue weighted by atomic mass is 10.1. The van der Waals surface area contributed by atoms with Crippen molar-refractivity contribution >= 4 is 23.3 Å². The average Bonchev–Trinajstić information content (AvgIpc) is 3.03. The Balaban J connectivity index is 1.93. The molecule has 0 spiro atoms. The van der Waals surface area contributed by atoms with Crippen LogP contribution in [-0.2, 0) is 12.7 Å². The van der Waals surface area contributed by atoms with Crippen LogP contribution >= 0.6 is 11.8 Å². The molecule has 0 aliphatic carbocycles. The minimum absolute atomic E-state index is 0.117. The van der Waals surface area contributed by atoms with Crippen molar-refractivity contribution in [3.63, 3.8) is 0 Å². The summed E-state index contributed by atoms with van der Waals surface area (Å²) in [5, 5.41) is 13.9. The van der Waals surface area contributed by atoms with Gasteiger partial charge in [0.15, 0.2) is 5.17 Å². The van der Waals surface area contributed by atoms with E-state index in [-0.39, 0.29) is 11.0 Å². The molecule has 0 atom stereocenters. The second kappa shape index (κ2) is 7.95. The largest absolute Gasteiger partial charge is 0.471 e. The van der Waals surface area contributed by atoms with Crippen molar-refractivity contribution < 1.29 is 17.7 Å². The maximum Gasteiger partial charge on any atom is 0.471 e. The molecule has 1 heterocycles. The monoisotopic (exact) mass is 357 g/mol. The number of nitrogens with one attached hydrogen (secondary N) is 2. The maximum atomic E-state index is 12.4. The molecular formula is C14H14F3N5OS. The van der Waals surface area contributed by atoms with Crippen LogP contribution in [0.2, 0.25) is 0 Å². The van der Waals surface area contributed by atoms with Crippen molar-refractivity contribution in [3.05, 3.63) is 35.7 Å². The number of rotatable bonds is 5. The van der Waals surface area contributed by atoms with Crippen molar-refractivity contribution in [3.8, 4) is 11.4 Å². The number of halogens is 3. The minimum Gasteiger partial charge on any atom is -0.372 e. The van der Waals surface area contributed by atoms with Gasteiger partial charge in [-0.1, -0.05) is 48.1 Å². The molecule has 2 N–H and O–H groups in total. The third-order valence-corrected chi connectivity index (χ3v) is 3.41. The molecule has 0 saturated heterocycles. The molecule has 2 aromatic rings. The molecule has 0 radical (unpaired) electrons. The molecule has 1 aromatic carbocycles. The van der Waals surface area contributed by atoms with Crippen LogP contribution in [0.4, 0.5) is 13.2 Å². The second-order valence-electron chi connectivity index (χ2n) is 4.50. The summed E-state index contributed by atoms with van der Waals surface area (Å²) in [6.07, 6.45) is -3.22. The molecule has 6 nitrogen and oxygen atoms in total. The highest BCUT2D eigenvalue weighted by atomic mass is 32.2. The Bertz CT molecular complexity index is 712. The molecule has 0 bridgehead atoms. The molecule has 0 unspecified atom stereocenters. The highest BCUT2D eigenvalue weighted by molar-refractivity contribution is 8.13. The van der Waals surface area contributed by atoms with Gasteiger partial charge in [0, 0.05) is 12.1 Å². The van der Waals surface area contributed by atoms with Gasteiger partial charge < -0.3 is 9.84 Å². The van der Waals surface area contributed by atoms with Gasteiger partial charge in [-0.15, -0.1) is 0 Å². The topological polar surface area (TPSA) is 87.2 Å². The van der Waals surface area contributed by atoms with Crippen LogP contribution in [0.1, 0.15) is 18.4 Å². The van der Waals surface area contributed by atoms with Gasteiger partial charge in [0.05, 0.1) is 6.34 Å². The predicted molar refractivity (Wildman–Crippen MR) is 85.9 cm³/mol. The van der Waals surface area contributed by atoms with E-state index in [4.69, 9.17) is 5.41 Å². The van der Waals surface area contributed by atoms with E-state index < -0.39 is 12.1 Å². The van der Waals surface area contributed by atoms with Gasteiger partial charge in [-0.05, 0) is 11.3 Å². The van der Waals surface area contributed by atoms with E-state index in [1.807, 2.05) is 6.92 Å². The molecule has 1 aromatic heterocycles. The van der Waals surface area contributed by atoms with E-state index in [2.05, 4.69) is 25.0 Å². The Hall–Kier alpha value is -2.36. The Morgan fingerprint density at radius 3 is 2.67 bits per heavy atom. The van der Waals surface area contributed by atoms with Crippen molar-refractivity contribution in [1.82, 2.24) is 15.5 Å². The number of benzene rings is 1. The highest BCUT2D eigenvalue weighted by Gasteiger charge is 2.38. The normalized spacial score (nSPS) is 11.8. The summed E-state index contributed by atoms with van der Waals surface area (Å²) in [6.45, 7) is 2.40. The number of aromatic nitrogens is 2. The van der Waals surface area contributed by atoms with Crippen LogP contribution < -0.4 is 5.32 Å². The van der Waals surface area contributed by atoms with Crippen molar-refractivity contribution in [2.45, 2.75) is 19.6 Å². The average molecular weight is 357 g/mol. The SMILES string of the molecule is CCSC(=N)/N=C\NCc1ccc(-c2noc(C(F)(F)F)n2)cc1. The van der Waals surface area contributed by atoms with E-state index in [1.54, 1.807) is 24.3 Å². The molecular weight excluding hydrogens is 343 g/mol. The summed E-state index contributed by atoms with van der Waals surface area (Å²) < 4.78 is 41.5. The predicted octanol–water partition coefficient (Wildman–Crippen LogP) is 3.56. The Morgan fingerprint density at radius 1 is 1.38 bits per heavy atom. The lowest BCUT2D eigenvalue weighted by molar-refractivity contribution is -0.159. The first-order valence-corrected chi connectivity index (χ1v) is 7.86. The molecule has 24 heavy (non-hydrogen) atoms. The number of aliphatic imine (C=N–C) groups is 1. The quantitative estimate of drug-likeness (QED) is 0.631. The van der Waals surface area contributed by atoms with E-state index in [0.717, 1.165) is 11.3 Å². The molecule has 2 rings (SSSR count). The fourth-order valence-corrected chi connectivity index (χ4v) is 2.07. The summed E-state index contributed by atoms with van der Waals surface area (Å²) >= 11 is 1.32. The second-order valence-corrected chi connectivity index (χ2v) is 5.75. The van der Waals surface area contributed by atoms with Crippen LogP contribution in [0.3, 0.4) is 0 Å². The number of hydrogen-bond acceptors (Lipinski definition) is 5. The van der Waals surface area contributed by atoms with Gasteiger partial charge in [-0.2, -0.15) is 18.2 Å². The van der Waals surface area contributed by atoms with Gasteiger partial charge in [-0.3, -0.25) is 5.41 Å². The van der Waals surface area contributed by atoms with Crippen LogP contribution in [0, 0.1) is 5.41 Å². The summed E-state index contributed by atoms with van der Waals surface area (Å²) in [7, 11) is 0. The summed E-state index contributed by atoms with van der Waals surface area (Å²) in [5.41, 5.74) is 1.31. The third-order valence-electron chi connectivity index (χ3n) is 2.74. The fourth-order valence-electron chi connectivity index (χ4n) is 1.67. The number of nitrogens with zero attached hydrogens (tertiary/aromatic N) is 3. The summed E-state index contributed by atoms with van der Waals surface area (Å²) in [5.74, 6) is -0.704. The van der Waals surface area contributed by atoms with Crippen molar-refractivity contribution in [2.24, 2.45) is 4.99 Å². The number of amidine groups is 1. The highest BCUT2D eigenvalue weighted by Crippen LogP contribution is 2.29. The summed E-state index contributed by atoms with van der Waals surface area (Å²) in [4.78, 5) is 7.22. The lowest BCUT2D eigenvalue weighted by Gasteiger charge is -2.02. The van der Waals surface area contributed by atoms with E-state index >= 15 is 0 Å². The molecule has 0 amide bonds. The van der Waals surface area contributed by atoms with E-state index in [9.17, 15) is 13.2 Å². The smallest absolute Gasteiger partial charge is 0.372 e. The Morgan fingerprint density at radius 2 is 2.08 bits per heavy atom. The first kappa shape index (κ1) is 18.0. The van der Waals surface area contributed by atoms with Crippen LogP contribution in [-0.4, -0.2) is 27.4 Å². The van der Waals surface area contributed by atoms with Gasteiger partial charge >= 0.3 is 12.1 Å². The number of hydrogen-bond donors (Lipinski definition) is 2. The van der Waals surface area contributed by atoms with Gasteiger partial charge in [0.1, 0.15) is 0 Å². The van der Waals surface area contributed by atoms with Gasteiger partial charge in [-0.25, -0.2) is 4.99 Å².